The number of esters is 5. The standard InChI is InChI=1S/C61H76O35/c1-26(65)83-23-38-51(91-57-48(77)45(74)42(71)35(20-62)86-57)47(76)50(79)59(88-38)92-53-52(90-41(70)17-13-29-11-15-32(68)34(19-29)82-4)39(24-84-27(2)66)89-60(54(53)93-58-49(78)46(75)43(72)36(21-63)87-58)96-61(25-85-40(69)16-12-28-10-14-31(67)33(18-28)81-3)55(44(73)37(22-64)95-61)94-56(80)30-8-6-5-7-9-30/h5-19,35-39,42-55,57-60,62-64,67-68,71-79H,20-25H2,1-4H3/b16-12+,17-13-/t35-,36+,37+,38-,39+,42-,43+,44+,45+,46-,47-,48-,49+,50-,51-,52+,53-,54+,55-,57+,58-,59+,60-,61+/m0/s1. The van der Waals surface area contributed by atoms with Gasteiger partial charge in [0.25, 0.3) is 0 Å². The van der Waals surface area contributed by atoms with Crippen molar-refractivity contribution < 1.29 is 171 Å². The lowest BCUT2D eigenvalue weighted by molar-refractivity contribution is -0.423. The van der Waals surface area contributed by atoms with Crippen LogP contribution in [0.3, 0.4) is 0 Å². The average molecular weight is 1370 g/mol. The highest BCUT2D eigenvalue weighted by atomic mass is 16.8. The van der Waals surface area contributed by atoms with E-state index >= 15 is 0 Å². The molecule has 8 rings (SSSR count). The fraction of sp³-hybridized carbons (Fsp3) is 0.557. The number of aliphatic hydroxyl groups is 12. The van der Waals surface area contributed by atoms with Crippen molar-refractivity contribution in [2.45, 2.75) is 161 Å². The molecule has 96 heavy (non-hydrogen) atoms. The van der Waals surface area contributed by atoms with Gasteiger partial charge in [0.15, 0.2) is 60.4 Å². The fourth-order valence-corrected chi connectivity index (χ4v) is 10.8. The van der Waals surface area contributed by atoms with Crippen LogP contribution < -0.4 is 9.47 Å². The average Bonchev–Trinajstić information content (AvgIpc) is 1.38. The van der Waals surface area contributed by atoms with Gasteiger partial charge in [-0.25, -0.2) is 14.4 Å². The summed E-state index contributed by atoms with van der Waals surface area (Å²) in [6.07, 6.45) is -45.7. The monoisotopic (exact) mass is 1370 g/mol. The maximum absolute atomic E-state index is 14.4. The summed E-state index contributed by atoms with van der Waals surface area (Å²) in [7, 11) is 2.51. The minimum Gasteiger partial charge on any atom is -0.504 e. The summed E-state index contributed by atoms with van der Waals surface area (Å²) in [5, 5.41) is 154. The summed E-state index contributed by atoms with van der Waals surface area (Å²) in [6.45, 7) is -4.52. The minimum absolute atomic E-state index is 0.00258. The summed E-state index contributed by atoms with van der Waals surface area (Å²) in [6, 6.07) is 14.9. The number of aromatic hydroxyl groups is 2. The van der Waals surface area contributed by atoms with E-state index in [9.17, 15) is 95.5 Å². The highest BCUT2D eigenvalue weighted by Gasteiger charge is 2.64. The molecule has 0 aromatic heterocycles. The number of phenolic OH excluding ortho intramolecular Hbond substituents is 2. The highest BCUT2D eigenvalue weighted by molar-refractivity contribution is 5.90. The molecule has 0 radical (unpaired) electrons. The van der Waals surface area contributed by atoms with Crippen LogP contribution in [0.15, 0.2) is 78.9 Å². The van der Waals surface area contributed by atoms with Crippen LogP contribution in [0.2, 0.25) is 0 Å². The molecule has 0 unspecified atom stereocenters. The van der Waals surface area contributed by atoms with Gasteiger partial charge in [0.1, 0.15) is 124 Å². The number of methoxy groups -OCH3 is 2. The Morgan fingerprint density at radius 2 is 0.938 bits per heavy atom. The molecule has 14 N–H and O–H groups in total. The van der Waals surface area contributed by atoms with E-state index in [1.807, 2.05) is 0 Å². The van der Waals surface area contributed by atoms with Crippen molar-refractivity contribution in [2.24, 2.45) is 0 Å². The molecule has 5 saturated heterocycles. The number of rotatable bonds is 26. The number of carbonyl (C=O) groups excluding carboxylic acids is 5. The fourth-order valence-electron chi connectivity index (χ4n) is 10.8. The van der Waals surface area contributed by atoms with E-state index in [4.69, 9.17) is 75.8 Å². The van der Waals surface area contributed by atoms with Crippen LogP contribution in [-0.2, 0) is 85.5 Å². The summed E-state index contributed by atoms with van der Waals surface area (Å²) in [5.74, 6) is -9.41. The van der Waals surface area contributed by atoms with E-state index in [2.05, 4.69) is 0 Å². The first-order valence-corrected chi connectivity index (χ1v) is 29.6. The second-order valence-corrected chi connectivity index (χ2v) is 22.4. The van der Waals surface area contributed by atoms with Gasteiger partial charge in [0, 0.05) is 26.0 Å². The van der Waals surface area contributed by atoms with Crippen molar-refractivity contribution in [3.05, 3.63) is 95.6 Å². The van der Waals surface area contributed by atoms with Crippen molar-refractivity contribution >= 4 is 42.0 Å². The predicted molar refractivity (Wildman–Crippen MR) is 310 cm³/mol. The molecule has 0 amide bonds. The van der Waals surface area contributed by atoms with E-state index in [0.717, 1.165) is 32.1 Å². The number of aliphatic hydroxyl groups excluding tert-OH is 12. The number of ether oxygens (including phenoxy) is 16. The molecule has 0 saturated carbocycles. The smallest absolute Gasteiger partial charge is 0.338 e. The maximum Gasteiger partial charge on any atom is 0.338 e. The van der Waals surface area contributed by atoms with E-state index in [-0.39, 0.29) is 39.7 Å². The topological polar surface area (TPSA) is 516 Å². The first kappa shape index (κ1) is 74.6. The molecule has 24 atom stereocenters. The number of hydrogen-bond acceptors (Lipinski definition) is 35. The highest BCUT2D eigenvalue weighted by Crippen LogP contribution is 2.43. The Bertz CT molecular complexity index is 3150. The van der Waals surface area contributed by atoms with Crippen LogP contribution in [0.4, 0.5) is 0 Å². The second-order valence-electron chi connectivity index (χ2n) is 22.4. The first-order chi connectivity index (χ1) is 45.7. The molecule has 3 aromatic rings. The van der Waals surface area contributed by atoms with Crippen LogP contribution in [0.1, 0.15) is 35.3 Å². The van der Waals surface area contributed by atoms with E-state index < -0.39 is 216 Å². The Morgan fingerprint density at radius 3 is 1.44 bits per heavy atom. The third-order valence-corrected chi connectivity index (χ3v) is 15.8. The number of carbonyl (C=O) groups is 5. The molecule has 0 spiro atoms. The van der Waals surface area contributed by atoms with Gasteiger partial charge in [-0.3, -0.25) is 9.59 Å². The lowest BCUT2D eigenvalue weighted by Gasteiger charge is -2.51. The molecule has 0 aliphatic carbocycles. The first-order valence-electron chi connectivity index (χ1n) is 29.6. The Balaban J connectivity index is 1.29. The van der Waals surface area contributed by atoms with Gasteiger partial charge in [-0.2, -0.15) is 0 Å². The van der Waals surface area contributed by atoms with Crippen molar-refractivity contribution in [3.63, 3.8) is 0 Å². The summed E-state index contributed by atoms with van der Waals surface area (Å²) < 4.78 is 94.2. The van der Waals surface area contributed by atoms with Gasteiger partial charge >= 0.3 is 29.8 Å². The zero-order valence-electron chi connectivity index (χ0n) is 51.5. The largest absolute Gasteiger partial charge is 0.504 e. The van der Waals surface area contributed by atoms with Crippen molar-refractivity contribution in [3.8, 4) is 23.0 Å². The van der Waals surface area contributed by atoms with Crippen LogP contribution in [-0.4, -0.2) is 302 Å². The van der Waals surface area contributed by atoms with Crippen LogP contribution in [0, 0.1) is 0 Å². The molecule has 5 fully saturated rings. The van der Waals surface area contributed by atoms with E-state index in [1.165, 1.54) is 81.0 Å². The second kappa shape index (κ2) is 33.4. The summed E-state index contributed by atoms with van der Waals surface area (Å²) in [5.41, 5.74) is 0.316. The lowest BCUT2D eigenvalue weighted by atomic mass is 9.95. The molecule has 530 valence electrons. The molecule has 3 aromatic carbocycles. The minimum atomic E-state index is -3.03. The Kier molecular flexibility index (Phi) is 26.0. The summed E-state index contributed by atoms with van der Waals surface area (Å²) >= 11 is 0. The van der Waals surface area contributed by atoms with Crippen molar-refractivity contribution in [1.29, 1.82) is 0 Å². The number of hydrogen-bond donors (Lipinski definition) is 14. The van der Waals surface area contributed by atoms with Gasteiger partial charge in [0.05, 0.1) is 39.6 Å². The zero-order valence-corrected chi connectivity index (χ0v) is 51.5. The Morgan fingerprint density at radius 1 is 0.479 bits per heavy atom. The maximum atomic E-state index is 14.4. The molecule has 5 heterocycles. The van der Waals surface area contributed by atoms with Gasteiger partial charge in [0.2, 0.25) is 5.79 Å². The van der Waals surface area contributed by atoms with E-state index in [0.29, 0.717) is 0 Å². The molecule has 5 aliphatic rings. The summed E-state index contributed by atoms with van der Waals surface area (Å²) in [4.78, 5) is 67.8. The van der Waals surface area contributed by atoms with Crippen LogP contribution >= 0.6 is 0 Å². The quantitative estimate of drug-likeness (QED) is 0.0203. The molecule has 35 heteroatoms. The van der Waals surface area contributed by atoms with E-state index in [1.54, 1.807) is 6.07 Å². The third kappa shape index (κ3) is 17.6. The predicted octanol–water partition coefficient (Wildman–Crippen LogP) is -4.96. The van der Waals surface area contributed by atoms with Gasteiger partial charge in [-0.15, -0.1) is 0 Å². The van der Waals surface area contributed by atoms with Crippen molar-refractivity contribution in [2.75, 3.05) is 53.9 Å². The lowest BCUT2D eigenvalue weighted by Crippen LogP contribution is -2.69. The van der Waals surface area contributed by atoms with Crippen LogP contribution in [0.25, 0.3) is 12.2 Å². The molecule has 5 aliphatic heterocycles. The Hall–Kier alpha value is -7.15. The molecular formula is C61H76O35. The zero-order chi connectivity index (χ0) is 69.9. The van der Waals surface area contributed by atoms with Crippen molar-refractivity contribution in [1.82, 2.24) is 0 Å². The van der Waals surface area contributed by atoms with Crippen LogP contribution in [0.5, 0.6) is 23.0 Å². The Labute approximate surface area is 545 Å². The molecule has 0 bridgehead atoms. The molecule has 35 nitrogen and oxygen atoms in total. The van der Waals surface area contributed by atoms with Gasteiger partial charge in [-0.1, -0.05) is 30.3 Å². The third-order valence-electron chi connectivity index (χ3n) is 15.8. The number of benzene rings is 3. The van der Waals surface area contributed by atoms with Gasteiger partial charge in [-0.05, 0) is 59.7 Å². The van der Waals surface area contributed by atoms with Gasteiger partial charge < -0.3 is 147 Å². The SMILES string of the molecule is COc1cc(/C=C\C(=O)O[C@H]2[C@H](O[C@H]3O[C@@H](COC(C)=O)[C@H](O[C@H]4O[C@@H](CO)[C@H](O)[C@@H](O)[C@@H]4O)[C@@H](O)[C@@H]3O)[C@@H](O[C@@H]3O[C@H](CO)[C@@H](O)[C@H](O)[C@H]3O)[C@H](O[C@@]3(COC(=O)/C=C/c4ccc(O)c(OC)c4)O[C@H](CO)[C@@H](O)[C@@H]3OC(=O)c3ccccc3)O[C@@H]2COC(C)=O)ccc1O. The normalized spacial score (nSPS) is 35.4. The number of phenols is 2. The molecular weight excluding hydrogens is 1290 g/mol.